The van der Waals surface area contributed by atoms with Gasteiger partial charge in [-0.25, -0.2) is 13.4 Å². The number of amides is 1. The van der Waals surface area contributed by atoms with E-state index >= 15 is 0 Å². The largest absolute Gasteiger partial charge is 0.298 e. The predicted molar refractivity (Wildman–Crippen MR) is 126 cm³/mol. The smallest absolute Gasteiger partial charge is 0.264 e. The number of anilines is 2. The van der Waals surface area contributed by atoms with Crippen LogP contribution >= 0.6 is 34.5 Å². The van der Waals surface area contributed by atoms with Crippen molar-refractivity contribution in [2.24, 2.45) is 0 Å². The number of aromatic nitrogens is 1. The zero-order valence-electron chi connectivity index (χ0n) is 16.0. The van der Waals surface area contributed by atoms with Crippen LogP contribution in [-0.4, -0.2) is 26.4 Å². The van der Waals surface area contributed by atoms with Crippen molar-refractivity contribution in [3.63, 3.8) is 0 Å². The molecule has 1 N–H and O–H groups in total. The number of para-hydroxylation sites is 1. The van der Waals surface area contributed by atoms with E-state index in [0.717, 1.165) is 4.70 Å². The first kappa shape index (κ1) is 21.6. The minimum absolute atomic E-state index is 0.0804. The van der Waals surface area contributed by atoms with Gasteiger partial charge in [-0.1, -0.05) is 52.7 Å². The molecule has 0 aliphatic heterocycles. The second-order valence-corrected chi connectivity index (χ2v) is 10.4. The molecule has 10 heteroatoms. The van der Waals surface area contributed by atoms with Gasteiger partial charge in [-0.2, -0.15) is 0 Å². The Balaban J connectivity index is 1.54. The molecule has 0 spiro atoms. The molecule has 0 atom stereocenters. The Labute approximate surface area is 193 Å². The second kappa shape index (κ2) is 8.47. The average Bonchev–Trinajstić information content (AvgIpc) is 3.16. The lowest BCUT2D eigenvalue weighted by atomic mass is 10.2. The van der Waals surface area contributed by atoms with Gasteiger partial charge in [-0.3, -0.25) is 14.4 Å². The molecular formula is C21H15Cl2N3O3S2. The third-order valence-corrected chi connectivity index (χ3v) is 7.75. The van der Waals surface area contributed by atoms with Crippen molar-refractivity contribution >= 4 is 71.5 Å². The predicted octanol–water partition coefficient (Wildman–Crippen LogP) is 5.68. The van der Waals surface area contributed by atoms with Gasteiger partial charge in [0.25, 0.3) is 15.9 Å². The van der Waals surface area contributed by atoms with Crippen LogP contribution in [0.25, 0.3) is 10.2 Å². The van der Waals surface area contributed by atoms with Gasteiger partial charge < -0.3 is 0 Å². The molecule has 158 valence electrons. The van der Waals surface area contributed by atoms with Crippen LogP contribution in [0.3, 0.4) is 0 Å². The number of fused-ring (bicyclic) bond motifs is 1. The van der Waals surface area contributed by atoms with Crippen molar-refractivity contribution in [1.82, 2.24) is 4.98 Å². The van der Waals surface area contributed by atoms with Gasteiger partial charge in [0, 0.05) is 17.6 Å². The highest BCUT2D eigenvalue weighted by Crippen LogP contribution is 2.34. The molecule has 0 fully saturated rings. The van der Waals surface area contributed by atoms with E-state index in [1.54, 1.807) is 36.4 Å². The summed E-state index contributed by atoms with van der Waals surface area (Å²) in [6.45, 7) is 0. The van der Waals surface area contributed by atoms with Crippen molar-refractivity contribution in [1.29, 1.82) is 0 Å². The molecule has 0 bridgehead atoms. The first-order valence-corrected chi connectivity index (χ1v) is 12.0. The van der Waals surface area contributed by atoms with E-state index in [1.807, 2.05) is 6.07 Å². The Bertz CT molecular complexity index is 1370. The summed E-state index contributed by atoms with van der Waals surface area (Å²) in [5.41, 5.74) is 1.39. The molecule has 0 unspecified atom stereocenters. The van der Waals surface area contributed by atoms with E-state index in [2.05, 4.69) is 10.3 Å². The number of carbonyl (C=O) groups is 1. The maximum atomic E-state index is 12.9. The van der Waals surface area contributed by atoms with E-state index in [9.17, 15) is 13.2 Å². The van der Waals surface area contributed by atoms with Crippen molar-refractivity contribution < 1.29 is 13.2 Å². The van der Waals surface area contributed by atoms with Crippen LogP contribution in [0.2, 0.25) is 10.0 Å². The summed E-state index contributed by atoms with van der Waals surface area (Å²) >= 11 is 13.4. The number of carbonyl (C=O) groups excluding carboxylic acids is 1. The Kier molecular flexibility index (Phi) is 5.90. The zero-order chi connectivity index (χ0) is 22.2. The van der Waals surface area contributed by atoms with Gasteiger partial charge in [-0.05, 0) is 48.5 Å². The third kappa shape index (κ3) is 4.38. The van der Waals surface area contributed by atoms with Gasteiger partial charge in [0.1, 0.15) is 5.52 Å². The maximum Gasteiger partial charge on any atom is 0.264 e. The van der Waals surface area contributed by atoms with E-state index in [-0.39, 0.29) is 4.90 Å². The van der Waals surface area contributed by atoms with E-state index in [1.165, 1.54) is 47.0 Å². The third-order valence-electron chi connectivity index (χ3n) is 4.53. The molecule has 0 aliphatic rings. The highest BCUT2D eigenvalue weighted by molar-refractivity contribution is 7.92. The number of nitrogens with zero attached hydrogens (tertiary/aromatic N) is 2. The lowest BCUT2D eigenvalue weighted by Gasteiger charge is -2.19. The minimum Gasteiger partial charge on any atom is -0.298 e. The molecule has 4 rings (SSSR count). The Morgan fingerprint density at radius 2 is 1.71 bits per heavy atom. The summed E-state index contributed by atoms with van der Waals surface area (Å²) in [6.07, 6.45) is 0. The van der Waals surface area contributed by atoms with Crippen molar-refractivity contribution in [2.75, 3.05) is 16.7 Å². The lowest BCUT2D eigenvalue weighted by Crippen LogP contribution is -2.26. The van der Waals surface area contributed by atoms with Crippen LogP contribution in [0.4, 0.5) is 10.8 Å². The fourth-order valence-corrected chi connectivity index (χ4v) is 5.67. The molecule has 0 saturated heterocycles. The standard InChI is InChI=1S/C21H15Cl2N3O3S2/c1-26(15-5-3-2-4-6-15)31(28,29)16-9-7-13(8-10-16)20(27)25-21-24-19-17(23)11-14(22)12-18(19)30-21/h2-12H,1H3,(H,24,25,27). The van der Waals surface area contributed by atoms with Crippen molar-refractivity contribution in [2.45, 2.75) is 4.90 Å². The van der Waals surface area contributed by atoms with Crippen LogP contribution in [0, 0.1) is 0 Å². The van der Waals surface area contributed by atoms with Gasteiger partial charge in [0.15, 0.2) is 5.13 Å². The molecule has 0 saturated carbocycles. The number of hydrogen-bond acceptors (Lipinski definition) is 5. The number of sulfonamides is 1. The van der Waals surface area contributed by atoms with Crippen LogP contribution in [0.15, 0.2) is 71.6 Å². The van der Waals surface area contributed by atoms with Crippen molar-refractivity contribution in [3.8, 4) is 0 Å². The van der Waals surface area contributed by atoms with Crippen LogP contribution in [-0.2, 0) is 10.0 Å². The quantitative estimate of drug-likeness (QED) is 0.389. The topological polar surface area (TPSA) is 79.4 Å². The molecule has 1 heterocycles. The molecule has 31 heavy (non-hydrogen) atoms. The summed E-state index contributed by atoms with van der Waals surface area (Å²) in [4.78, 5) is 17.0. The van der Waals surface area contributed by atoms with Gasteiger partial charge in [0.2, 0.25) is 0 Å². The summed E-state index contributed by atoms with van der Waals surface area (Å²) in [7, 11) is -2.27. The Morgan fingerprint density at radius 3 is 2.39 bits per heavy atom. The number of benzene rings is 3. The fraction of sp³-hybridized carbons (Fsp3) is 0.0476. The summed E-state index contributed by atoms with van der Waals surface area (Å²) < 4.78 is 27.7. The van der Waals surface area contributed by atoms with E-state index < -0.39 is 15.9 Å². The molecule has 0 radical (unpaired) electrons. The first-order chi connectivity index (χ1) is 14.8. The van der Waals surface area contributed by atoms with E-state index in [0.29, 0.717) is 31.9 Å². The maximum absolute atomic E-state index is 12.9. The Hall–Kier alpha value is -2.65. The highest BCUT2D eigenvalue weighted by atomic mass is 35.5. The molecule has 1 aromatic heterocycles. The SMILES string of the molecule is CN(c1ccccc1)S(=O)(=O)c1ccc(C(=O)Nc2nc3c(Cl)cc(Cl)cc3s2)cc1. The van der Waals surface area contributed by atoms with Crippen molar-refractivity contribution in [3.05, 3.63) is 82.3 Å². The molecule has 6 nitrogen and oxygen atoms in total. The van der Waals surface area contributed by atoms with Gasteiger partial charge in [-0.15, -0.1) is 0 Å². The highest BCUT2D eigenvalue weighted by Gasteiger charge is 2.21. The number of thiazole rings is 1. The second-order valence-electron chi connectivity index (χ2n) is 6.54. The normalized spacial score (nSPS) is 11.5. The Morgan fingerprint density at radius 1 is 1.03 bits per heavy atom. The summed E-state index contributed by atoms with van der Waals surface area (Å²) in [5, 5.41) is 3.96. The van der Waals surface area contributed by atoms with Gasteiger partial charge in [0.05, 0.1) is 20.3 Å². The lowest BCUT2D eigenvalue weighted by molar-refractivity contribution is 0.102. The molecular weight excluding hydrogens is 477 g/mol. The molecule has 0 aliphatic carbocycles. The minimum atomic E-state index is -3.76. The fourth-order valence-electron chi connectivity index (χ4n) is 2.89. The van der Waals surface area contributed by atoms with Crippen LogP contribution < -0.4 is 9.62 Å². The monoisotopic (exact) mass is 491 g/mol. The molecule has 4 aromatic rings. The van der Waals surface area contributed by atoms with Crippen LogP contribution in [0.1, 0.15) is 10.4 Å². The first-order valence-electron chi connectivity index (χ1n) is 8.97. The molecule has 1 amide bonds. The molecule has 3 aromatic carbocycles. The van der Waals surface area contributed by atoms with Crippen LogP contribution in [0.5, 0.6) is 0 Å². The number of halogens is 2. The summed E-state index contributed by atoms with van der Waals surface area (Å²) in [5.74, 6) is -0.415. The number of hydrogen-bond donors (Lipinski definition) is 1. The average molecular weight is 492 g/mol. The summed E-state index contributed by atoms with van der Waals surface area (Å²) in [6, 6.07) is 17.8. The number of nitrogens with one attached hydrogen (secondary N) is 1. The van der Waals surface area contributed by atoms with Gasteiger partial charge >= 0.3 is 0 Å². The zero-order valence-corrected chi connectivity index (χ0v) is 19.2. The number of rotatable bonds is 5. The van der Waals surface area contributed by atoms with E-state index in [4.69, 9.17) is 23.2 Å².